The third-order valence-corrected chi connectivity index (χ3v) is 8.03. The molecule has 11 heteroatoms. The Morgan fingerprint density at radius 1 is 0.917 bits per heavy atom. The highest BCUT2D eigenvalue weighted by atomic mass is 32.2. The highest BCUT2D eigenvalue weighted by molar-refractivity contribution is 7.90. The Hall–Kier alpha value is -3.70. The van der Waals surface area contributed by atoms with Crippen LogP contribution in [0.1, 0.15) is 15.9 Å². The number of imidazole rings is 1. The van der Waals surface area contributed by atoms with Gasteiger partial charge in [-0.2, -0.15) is 0 Å². The molecule has 1 aliphatic rings. The van der Waals surface area contributed by atoms with Crippen molar-refractivity contribution in [3.05, 3.63) is 71.8 Å². The van der Waals surface area contributed by atoms with Gasteiger partial charge in [0.2, 0.25) is 15.0 Å². The molecule has 0 saturated heterocycles. The van der Waals surface area contributed by atoms with Crippen molar-refractivity contribution in [1.82, 2.24) is 14.9 Å². The molecule has 0 spiro atoms. The van der Waals surface area contributed by atoms with Gasteiger partial charge in [-0.25, -0.2) is 21.8 Å². The Morgan fingerprint density at radius 3 is 2.31 bits per heavy atom. The van der Waals surface area contributed by atoms with Gasteiger partial charge < -0.3 is 14.6 Å². The first kappa shape index (κ1) is 24.0. The smallest absolute Gasteiger partial charge is 0.254 e. The minimum atomic E-state index is -3.46. The second-order valence-corrected chi connectivity index (χ2v) is 12.7. The fourth-order valence-corrected chi connectivity index (χ4v) is 5.31. The third kappa shape index (κ3) is 4.71. The number of ether oxygens (including phenoxy) is 1. The topological polar surface area (TPSA) is 126 Å². The molecule has 1 amide bonds. The zero-order valence-electron chi connectivity index (χ0n) is 19.6. The van der Waals surface area contributed by atoms with Gasteiger partial charge >= 0.3 is 0 Å². The minimum Gasteiger partial charge on any atom is -0.491 e. The van der Waals surface area contributed by atoms with E-state index >= 15 is 0 Å². The average Bonchev–Trinajstić information content (AvgIpc) is 3.16. The SMILES string of the molecule is CS(=O)(=O)c1ccc(C(=O)N2CCOc3ccc(-c4ccc5nc(S(C)(=O)=O)[nH]c5c4)cc3C2)cc1. The van der Waals surface area contributed by atoms with Crippen LogP contribution < -0.4 is 4.74 Å². The first-order valence-electron chi connectivity index (χ1n) is 11.0. The lowest BCUT2D eigenvalue weighted by molar-refractivity contribution is 0.0733. The summed E-state index contributed by atoms with van der Waals surface area (Å²) >= 11 is 0. The number of benzene rings is 3. The first-order valence-corrected chi connectivity index (χ1v) is 14.8. The molecule has 1 N–H and O–H groups in total. The van der Waals surface area contributed by atoms with E-state index in [0.29, 0.717) is 42.0 Å². The first-order chi connectivity index (χ1) is 17.0. The number of sulfone groups is 2. The van der Waals surface area contributed by atoms with Crippen molar-refractivity contribution in [3.63, 3.8) is 0 Å². The number of hydrogen-bond donors (Lipinski definition) is 1. The summed E-state index contributed by atoms with van der Waals surface area (Å²) in [6.07, 6.45) is 2.23. The maximum Gasteiger partial charge on any atom is 0.254 e. The van der Waals surface area contributed by atoms with E-state index in [-0.39, 0.29) is 16.0 Å². The summed E-state index contributed by atoms with van der Waals surface area (Å²) in [5, 5.41) is -0.0799. The van der Waals surface area contributed by atoms with Crippen molar-refractivity contribution < 1.29 is 26.4 Å². The summed E-state index contributed by atoms with van der Waals surface area (Å²) in [5.41, 5.74) is 4.11. The Bertz CT molecular complexity index is 1710. The molecular formula is C25H23N3O6S2. The van der Waals surface area contributed by atoms with Gasteiger partial charge in [0.15, 0.2) is 9.84 Å². The molecular weight excluding hydrogens is 502 g/mol. The number of amides is 1. The summed E-state index contributed by atoms with van der Waals surface area (Å²) in [6.45, 7) is 1.03. The number of aromatic amines is 1. The summed E-state index contributed by atoms with van der Waals surface area (Å²) in [6, 6.07) is 17.1. The highest BCUT2D eigenvalue weighted by Gasteiger charge is 2.22. The minimum absolute atomic E-state index is 0.0799. The van der Waals surface area contributed by atoms with E-state index < -0.39 is 19.7 Å². The standard InChI is InChI=1S/C25H23N3O6S2/c1-35(30,31)20-7-3-16(4-8-20)24(29)28-11-12-34-23-10-6-17(13-19(23)15-28)18-5-9-21-22(14-18)27-25(26-21)36(2,32)33/h3-10,13-14H,11-12,15H2,1-2H3,(H,26,27). The number of hydrogen-bond acceptors (Lipinski definition) is 7. The predicted octanol–water partition coefficient (Wildman–Crippen LogP) is 3.07. The number of nitrogens with one attached hydrogen (secondary N) is 1. The fraction of sp³-hybridized carbons (Fsp3) is 0.200. The molecule has 36 heavy (non-hydrogen) atoms. The Labute approximate surface area is 208 Å². The van der Waals surface area contributed by atoms with Gasteiger partial charge in [0.05, 0.1) is 22.5 Å². The van der Waals surface area contributed by atoms with E-state index in [2.05, 4.69) is 9.97 Å². The van der Waals surface area contributed by atoms with Gasteiger partial charge in [0, 0.05) is 30.2 Å². The van der Waals surface area contributed by atoms with Crippen LogP contribution in [0.4, 0.5) is 0 Å². The molecule has 0 aliphatic carbocycles. The second kappa shape index (κ2) is 8.75. The normalized spacial score (nSPS) is 14.2. The van der Waals surface area contributed by atoms with Crippen molar-refractivity contribution in [2.24, 2.45) is 0 Å². The molecule has 3 aromatic carbocycles. The highest BCUT2D eigenvalue weighted by Crippen LogP contribution is 2.31. The number of carbonyl (C=O) groups excluding carboxylic acids is 1. The van der Waals surface area contributed by atoms with Crippen LogP contribution >= 0.6 is 0 Å². The summed E-state index contributed by atoms with van der Waals surface area (Å²) < 4.78 is 53.0. The second-order valence-electron chi connectivity index (χ2n) is 8.74. The van der Waals surface area contributed by atoms with E-state index in [0.717, 1.165) is 29.2 Å². The van der Waals surface area contributed by atoms with Crippen LogP contribution in [0.5, 0.6) is 5.75 Å². The van der Waals surface area contributed by atoms with Gasteiger partial charge in [0.25, 0.3) is 5.91 Å². The molecule has 0 saturated carbocycles. The molecule has 9 nitrogen and oxygen atoms in total. The number of fused-ring (bicyclic) bond motifs is 2. The van der Waals surface area contributed by atoms with Crippen LogP contribution in [0.3, 0.4) is 0 Å². The molecule has 5 rings (SSSR count). The zero-order valence-corrected chi connectivity index (χ0v) is 21.2. The van der Waals surface area contributed by atoms with Gasteiger partial charge in [-0.05, 0) is 59.7 Å². The van der Waals surface area contributed by atoms with Crippen LogP contribution in [0, 0.1) is 0 Å². The van der Waals surface area contributed by atoms with Crippen molar-refractivity contribution in [2.45, 2.75) is 16.6 Å². The van der Waals surface area contributed by atoms with Crippen LogP contribution in [-0.4, -0.2) is 63.3 Å². The zero-order chi connectivity index (χ0) is 25.7. The molecule has 186 valence electrons. The fourth-order valence-electron chi connectivity index (χ4n) is 4.12. The quantitative estimate of drug-likeness (QED) is 0.434. The molecule has 0 unspecified atom stereocenters. The average molecular weight is 526 g/mol. The predicted molar refractivity (Wildman–Crippen MR) is 134 cm³/mol. The van der Waals surface area contributed by atoms with Crippen LogP contribution in [0.15, 0.2) is 70.7 Å². The lowest BCUT2D eigenvalue weighted by atomic mass is 10.0. The number of rotatable bonds is 4. The number of carbonyl (C=O) groups is 1. The van der Waals surface area contributed by atoms with Gasteiger partial charge in [-0.15, -0.1) is 0 Å². The maximum absolute atomic E-state index is 13.2. The van der Waals surface area contributed by atoms with E-state index in [1.54, 1.807) is 11.0 Å². The van der Waals surface area contributed by atoms with Crippen LogP contribution in [0.25, 0.3) is 22.2 Å². The van der Waals surface area contributed by atoms with Crippen molar-refractivity contribution in [2.75, 3.05) is 25.7 Å². The van der Waals surface area contributed by atoms with E-state index in [4.69, 9.17) is 4.74 Å². The monoisotopic (exact) mass is 525 g/mol. The third-order valence-electron chi connectivity index (χ3n) is 6.00. The van der Waals surface area contributed by atoms with E-state index in [1.807, 2.05) is 30.3 Å². The van der Waals surface area contributed by atoms with Crippen molar-refractivity contribution in [3.8, 4) is 16.9 Å². The van der Waals surface area contributed by atoms with Gasteiger partial charge in [-0.1, -0.05) is 12.1 Å². The summed E-state index contributed by atoms with van der Waals surface area (Å²) in [5.74, 6) is 0.465. The summed E-state index contributed by atoms with van der Waals surface area (Å²) in [4.78, 5) is 22.0. The molecule has 4 aromatic rings. The van der Waals surface area contributed by atoms with E-state index in [9.17, 15) is 21.6 Å². The van der Waals surface area contributed by atoms with Gasteiger partial charge in [-0.3, -0.25) is 4.79 Å². The lowest BCUT2D eigenvalue weighted by Gasteiger charge is -2.20. The Morgan fingerprint density at radius 2 is 1.61 bits per heavy atom. The van der Waals surface area contributed by atoms with Crippen LogP contribution in [-0.2, 0) is 26.2 Å². The molecule has 1 aromatic heterocycles. The largest absolute Gasteiger partial charge is 0.491 e. The molecule has 1 aliphatic heterocycles. The molecule has 0 radical (unpaired) electrons. The maximum atomic E-state index is 13.2. The number of H-pyrrole nitrogens is 1. The molecule has 0 fully saturated rings. The summed E-state index contributed by atoms with van der Waals surface area (Å²) in [7, 11) is -6.80. The molecule has 0 atom stereocenters. The van der Waals surface area contributed by atoms with Crippen molar-refractivity contribution >= 4 is 36.6 Å². The lowest BCUT2D eigenvalue weighted by Crippen LogP contribution is -2.32. The number of nitrogens with zero attached hydrogens (tertiary/aromatic N) is 2. The Kier molecular flexibility index (Phi) is 5.84. The van der Waals surface area contributed by atoms with Crippen LogP contribution in [0.2, 0.25) is 0 Å². The number of aromatic nitrogens is 2. The molecule has 2 heterocycles. The molecule has 0 bridgehead atoms. The van der Waals surface area contributed by atoms with Gasteiger partial charge in [0.1, 0.15) is 12.4 Å². The van der Waals surface area contributed by atoms with E-state index in [1.165, 1.54) is 24.3 Å². The van der Waals surface area contributed by atoms with Crippen molar-refractivity contribution in [1.29, 1.82) is 0 Å². The Balaban J connectivity index is 1.43.